The van der Waals surface area contributed by atoms with Crippen molar-refractivity contribution in [2.75, 3.05) is 23.4 Å². The van der Waals surface area contributed by atoms with Crippen LogP contribution in [0.5, 0.6) is 0 Å². The Balaban J connectivity index is 1.62. The van der Waals surface area contributed by atoms with Gasteiger partial charge < -0.3 is 16.0 Å². The molecular formula is C27H35N7OS. The molecule has 36 heavy (non-hydrogen) atoms. The highest BCUT2D eigenvalue weighted by Gasteiger charge is 2.20. The monoisotopic (exact) mass is 505 g/mol. The zero-order valence-corrected chi connectivity index (χ0v) is 22.7. The van der Waals surface area contributed by atoms with Crippen LogP contribution >= 0.6 is 11.9 Å². The van der Waals surface area contributed by atoms with Gasteiger partial charge in [0.15, 0.2) is 0 Å². The molecule has 1 aliphatic rings. The van der Waals surface area contributed by atoms with Gasteiger partial charge in [-0.1, -0.05) is 38.8 Å². The van der Waals surface area contributed by atoms with Crippen molar-refractivity contribution in [1.82, 2.24) is 24.6 Å². The number of pyridine rings is 1. The quantitative estimate of drug-likeness (QED) is 0.366. The molecule has 0 saturated carbocycles. The van der Waals surface area contributed by atoms with Crippen molar-refractivity contribution in [3.8, 4) is 0 Å². The van der Waals surface area contributed by atoms with E-state index >= 15 is 0 Å². The van der Waals surface area contributed by atoms with Crippen LogP contribution in [0.2, 0.25) is 0 Å². The van der Waals surface area contributed by atoms with Crippen LogP contribution in [0.15, 0.2) is 42.7 Å². The first-order valence-corrected chi connectivity index (χ1v) is 13.4. The highest BCUT2D eigenvalue weighted by Crippen LogP contribution is 2.28. The number of hydrogen-bond donors (Lipinski definition) is 3. The van der Waals surface area contributed by atoms with Crippen molar-refractivity contribution in [2.45, 2.75) is 59.0 Å². The molecular weight excluding hydrogens is 470 g/mol. The van der Waals surface area contributed by atoms with Crippen molar-refractivity contribution in [3.63, 3.8) is 0 Å². The van der Waals surface area contributed by atoms with E-state index in [1.807, 2.05) is 26.0 Å². The number of nitrogens with zero attached hydrogens (tertiary/aromatic N) is 4. The Hall–Kier alpha value is -3.17. The molecule has 1 amide bonds. The van der Waals surface area contributed by atoms with E-state index in [1.54, 1.807) is 24.3 Å². The van der Waals surface area contributed by atoms with E-state index < -0.39 is 0 Å². The minimum absolute atomic E-state index is 0.00546. The molecule has 3 heterocycles. The minimum Gasteiger partial charge on any atom is -0.350 e. The highest BCUT2D eigenvalue weighted by molar-refractivity contribution is 7.96. The van der Waals surface area contributed by atoms with Gasteiger partial charge in [-0.15, -0.1) is 0 Å². The lowest BCUT2D eigenvalue weighted by atomic mass is 9.91. The SMILES string of the molecule is CSN1CCc2cc(Nc3ncc(C(=O)NC(C)C)c(Nc4ccnc(C(C)(C)C)c4)n3)ccc2C1. The number of anilines is 4. The zero-order chi connectivity index (χ0) is 25.9. The molecule has 0 aliphatic carbocycles. The van der Waals surface area contributed by atoms with E-state index in [1.165, 1.54) is 11.1 Å². The average molecular weight is 506 g/mol. The summed E-state index contributed by atoms with van der Waals surface area (Å²) in [5.41, 5.74) is 5.64. The third-order valence-electron chi connectivity index (χ3n) is 5.94. The van der Waals surface area contributed by atoms with E-state index in [2.05, 4.69) is 75.4 Å². The van der Waals surface area contributed by atoms with E-state index in [0.29, 0.717) is 17.3 Å². The maximum atomic E-state index is 12.9. The summed E-state index contributed by atoms with van der Waals surface area (Å²) in [5.74, 6) is 0.631. The van der Waals surface area contributed by atoms with Crippen molar-refractivity contribution >= 4 is 41.0 Å². The molecule has 0 fully saturated rings. The van der Waals surface area contributed by atoms with E-state index in [0.717, 1.165) is 36.6 Å². The van der Waals surface area contributed by atoms with Crippen LogP contribution in [0.4, 0.5) is 23.1 Å². The average Bonchev–Trinajstić information content (AvgIpc) is 2.83. The number of carbonyl (C=O) groups is 1. The molecule has 3 aromatic rings. The third kappa shape index (κ3) is 6.33. The summed E-state index contributed by atoms with van der Waals surface area (Å²) in [5, 5.41) is 9.58. The summed E-state index contributed by atoms with van der Waals surface area (Å²) in [6.07, 6.45) is 6.45. The van der Waals surface area contributed by atoms with Gasteiger partial charge in [0.1, 0.15) is 11.4 Å². The fraction of sp³-hybridized carbons (Fsp3) is 0.407. The molecule has 0 spiro atoms. The Morgan fingerprint density at radius 2 is 1.83 bits per heavy atom. The predicted molar refractivity (Wildman–Crippen MR) is 148 cm³/mol. The van der Waals surface area contributed by atoms with E-state index in [9.17, 15) is 4.79 Å². The van der Waals surface area contributed by atoms with Crippen LogP contribution in [0.25, 0.3) is 0 Å². The molecule has 0 unspecified atom stereocenters. The van der Waals surface area contributed by atoms with Gasteiger partial charge in [-0.3, -0.25) is 9.78 Å². The normalized spacial score (nSPS) is 13.9. The molecule has 0 bridgehead atoms. The molecule has 9 heteroatoms. The molecule has 190 valence electrons. The topological polar surface area (TPSA) is 95.1 Å². The Morgan fingerprint density at radius 3 is 2.56 bits per heavy atom. The Kier molecular flexibility index (Phi) is 7.80. The maximum absolute atomic E-state index is 12.9. The predicted octanol–water partition coefficient (Wildman–Crippen LogP) is 5.43. The van der Waals surface area contributed by atoms with Crippen LogP contribution in [-0.2, 0) is 18.4 Å². The van der Waals surface area contributed by atoms with E-state index in [4.69, 9.17) is 4.98 Å². The number of rotatable bonds is 7. The molecule has 0 atom stereocenters. The number of carbonyl (C=O) groups excluding carboxylic acids is 1. The lowest BCUT2D eigenvalue weighted by Gasteiger charge is -2.26. The molecule has 8 nitrogen and oxygen atoms in total. The number of benzene rings is 1. The first-order chi connectivity index (χ1) is 17.1. The zero-order valence-electron chi connectivity index (χ0n) is 21.8. The highest BCUT2D eigenvalue weighted by atomic mass is 32.2. The molecule has 2 aromatic heterocycles. The van der Waals surface area contributed by atoms with Gasteiger partial charge in [-0.05, 0) is 61.9 Å². The van der Waals surface area contributed by atoms with Crippen molar-refractivity contribution < 1.29 is 4.79 Å². The van der Waals surface area contributed by atoms with Crippen LogP contribution in [0.3, 0.4) is 0 Å². The lowest BCUT2D eigenvalue weighted by molar-refractivity contribution is 0.0943. The summed E-state index contributed by atoms with van der Waals surface area (Å²) in [4.78, 5) is 26.5. The van der Waals surface area contributed by atoms with Crippen molar-refractivity contribution in [1.29, 1.82) is 0 Å². The van der Waals surface area contributed by atoms with Crippen LogP contribution in [0.1, 0.15) is 61.8 Å². The summed E-state index contributed by atoms with van der Waals surface area (Å²) in [7, 11) is 0. The first-order valence-electron chi connectivity index (χ1n) is 12.2. The molecule has 1 aromatic carbocycles. The smallest absolute Gasteiger partial charge is 0.256 e. The van der Waals surface area contributed by atoms with Crippen LogP contribution in [0, 0.1) is 0 Å². The Morgan fingerprint density at radius 1 is 1.06 bits per heavy atom. The standard InChI is InChI=1S/C27H35N7OS/c1-17(2)30-25(35)22-15-29-26(32-20-8-7-19-16-34(36-6)12-10-18(19)13-20)33-24(22)31-21-9-11-28-23(14-21)27(3,4)5/h7-9,11,13-15,17H,10,12,16H2,1-6H3,(H,30,35)(H2,28,29,31,32,33). The van der Waals surface area contributed by atoms with Gasteiger partial charge in [0.25, 0.3) is 5.91 Å². The molecule has 0 radical (unpaired) electrons. The molecule has 4 rings (SSSR count). The van der Waals surface area contributed by atoms with Gasteiger partial charge >= 0.3 is 0 Å². The van der Waals surface area contributed by atoms with Gasteiger partial charge in [0.05, 0.1) is 0 Å². The van der Waals surface area contributed by atoms with Crippen LogP contribution in [-0.4, -0.2) is 44.0 Å². The van der Waals surface area contributed by atoms with E-state index in [-0.39, 0.29) is 17.4 Å². The fourth-order valence-electron chi connectivity index (χ4n) is 3.99. The molecule has 3 N–H and O–H groups in total. The van der Waals surface area contributed by atoms with Crippen LogP contribution < -0.4 is 16.0 Å². The number of aromatic nitrogens is 3. The second-order valence-electron chi connectivity index (χ2n) is 10.3. The van der Waals surface area contributed by atoms with Gasteiger partial charge in [0.2, 0.25) is 5.95 Å². The number of nitrogens with one attached hydrogen (secondary N) is 3. The number of amides is 1. The van der Waals surface area contributed by atoms with Crippen molar-refractivity contribution in [3.05, 3.63) is 65.1 Å². The third-order valence-corrected chi connectivity index (χ3v) is 6.77. The van der Waals surface area contributed by atoms with Gasteiger partial charge in [0, 0.05) is 54.0 Å². The largest absolute Gasteiger partial charge is 0.350 e. The summed E-state index contributed by atoms with van der Waals surface area (Å²) >= 11 is 1.78. The second-order valence-corrected chi connectivity index (χ2v) is 11.2. The van der Waals surface area contributed by atoms with Crippen molar-refractivity contribution in [2.24, 2.45) is 0 Å². The maximum Gasteiger partial charge on any atom is 0.256 e. The summed E-state index contributed by atoms with van der Waals surface area (Å²) in [6.45, 7) is 12.2. The number of hydrogen-bond acceptors (Lipinski definition) is 8. The first kappa shape index (κ1) is 25.9. The Bertz CT molecular complexity index is 1240. The minimum atomic E-state index is -0.226. The summed E-state index contributed by atoms with van der Waals surface area (Å²) in [6, 6.07) is 10.2. The lowest BCUT2D eigenvalue weighted by Crippen LogP contribution is -2.31. The molecule has 1 aliphatic heterocycles. The second kappa shape index (κ2) is 10.8. The fourth-order valence-corrected chi connectivity index (χ4v) is 4.53. The Labute approximate surface area is 217 Å². The summed E-state index contributed by atoms with van der Waals surface area (Å²) < 4.78 is 2.36. The van der Waals surface area contributed by atoms with Gasteiger partial charge in [-0.2, -0.15) is 4.98 Å². The molecule has 0 saturated heterocycles. The van der Waals surface area contributed by atoms with Gasteiger partial charge in [-0.25, -0.2) is 9.29 Å². The number of fused-ring (bicyclic) bond motifs is 1.